The normalized spacial score (nSPS) is 11.3. The first-order valence-electron chi connectivity index (χ1n) is 18.4. The van der Waals surface area contributed by atoms with Crippen molar-refractivity contribution in [2.24, 2.45) is 0 Å². The minimum atomic E-state index is 0.882. The second-order valence-electron chi connectivity index (χ2n) is 13.7. The van der Waals surface area contributed by atoms with Crippen LogP contribution in [0.4, 0.5) is 17.1 Å². The monoisotopic (exact) mass is 689 g/mol. The molecule has 10 aromatic rings. The van der Waals surface area contributed by atoms with E-state index in [1.165, 1.54) is 32.7 Å². The lowest BCUT2D eigenvalue weighted by atomic mass is 9.96. The average molecular weight is 690 g/mol. The number of para-hydroxylation sites is 2. The number of rotatable bonds is 7. The topological polar surface area (TPSA) is 16.4 Å². The van der Waals surface area contributed by atoms with Gasteiger partial charge in [0.15, 0.2) is 0 Å². The van der Waals surface area contributed by atoms with Gasteiger partial charge in [0, 0.05) is 33.2 Å². The fourth-order valence-electron chi connectivity index (χ4n) is 7.94. The van der Waals surface area contributed by atoms with Crippen LogP contribution in [0.5, 0.6) is 0 Å². The van der Waals surface area contributed by atoms with Crippen molar-refractivity contribution in [1.82, 2.24) is 0 Å². The molecule has 0 amide bonds. The van der Waals surface area contributed by atoms with E-state index in [-0.39, 0.29) is 0 Å². The van der Waals surface area contributed by atoms with E-state index in [0.717, 1.165) is 61.6 Å². The van der Waals surface area contributed by atoms with Gasteiger partial charge < -0.3 is 9.32 Å². The molecule has 0 aliphatic carbocycles. The Hall–Kier alpha value is -7.16. The number of fused-ring (bicyclic) bond motifs is 4. The molecule has 10 rings (SSSR count). The summed E-state index contributed by atoms with van der Waals surface area (Å²) in [6.45, 7) is 0. The molecule has 1 heterocycles. The molecule has 254 valence electrons. The highest BCUT2D eigenvalue weighted by molar-refractivity contribution is 6.15. The summed E-state index contributed by atoms with van der Waals surface area (Å²) < 4.78 is 6.59. The van der Waals surface area contributed by atoms with E-state index in [1.807, 2.05) is 12.1 Å². The van der Waals surface area contributed by atoms with E-state index >= 15 is 0 Å². The van der Waals surface area contributed by atoms with Crippen LogP contribution in [0.2, 0.25) is 0 Å². The fraction of sp³-hybridized carbons (Fsp3) is 0. The Morgan fingerprint density at radius 2 is 0.926 bits per heavy atom. The highest BCUT2D eigenvalue weighted by atomic mass is 16.3. The molecule has 2 heteroatoms. The molecule has 0 radical (unpaired) electrons. The fourth-order valence-corrected chi connectivity index (χ4v) is 7.94. The third-order valence-corrected chi connectivity index (χ3v) is 10.5. The molecule has 0 fully saturated rings. The van der Waals surface area contributed by atoms with Crippen molar-refractivity contribution in [1.29, 1.82) is 0 Å². The van der Waals surface area contributed by atoms with E-state index in [9.17, 15) is 0 Å². The molecule has 0 N–H and O–H groups in total. The van der Waals surface area contributed by atoms with Gasteiger partial charge in [-0.3, -0.25) is 0 Å². The molecule has 54 heavy (non-hydrogen) atoms. The minimum absolute atomic E-state index is 0.882. The van der Waals surface area contributed by atoms with Crippen LogP contribution in [-0.4, -0.2) is 0 Å². The Morgan fingerprint density at radius 1 is 0.333 bits per heavy atom. The van der Waals surface area contributed by atoms with Crippen molar-refractivity contribution < 1.29 is 4.42 Å². The number of benzene rings is 9. The number of hydrogen-bond donors (Lipinski definition) is 0. The van der Waals surface area contributed by atoms with Crippen LogP contribution in [0.1, 0.15) is 0 Å². The summed E-state index contributed by atoms with van der Waals surface area (Å²) >= 11 is 0. The third kappa shape index (κ3) is 5.53. The van der Waals surface area contributed by atoms with Crippen molar-refractivity contribution in [3.63, 3.8) is 0 Å². The van der Waals surface area contributed by atoms with Gasteiger partial charge >= 0.3 is 0 Å². The van der Waals surface area contributed by atoms with Gasteiger partial charge in [-0.15, -0.1) is 0 Å². The smallest absolute Gasteiger partial charge is 0.143 e. The van der Waals surface area contributed by atoms with Crippen LogP contribution in [0.25, 0.3) is 77.2 Å². The summed E-state index contributed by atoms with van der Waals surface area (Å²) in [5, 5.41) is 6.02. The molecule has 1 aromatic heterocycles. The van der Waals surface area contributed by atoms with Gasteiger partial charge in [0.2, 0.25) is 0 Å². The van der Waals surface area contributed by atoms with Crippen molar-refractivity contribution >= 4 is 49.6 Å². The zero-order valence-electron chi connectivity index (χ0n) is 29.6. The maximum atomic E-state index is 6.59. The van der Waals surface area contributed by atoms with E-state index in [1.54, 1.807) is 0 Å². The first-order chi connectivity index (χ1) is 26.8. The quantitative estimate of drug-likeness (QED) is 0.155. The van der Waals surface area contributed by atoms with Gasteiger partial charge in [-0.1, -0.05) is 176 Å². The van der Waals surface area contributed by atoms with E-state index in [4.69, 9.17) is 4.42 Å². The minimum Gasteiger partial charge on any atom is -0.455 e. The molecule has 0 saturated carbocycles. The molecule has 0 aliphatic rings. The van der Waals surface area contributed by atoms with Crippen LogP contribution in [0, 0.1) is 0 Å². The predicted octanol–water partition coefficient (Wildman–Crippen LogP) is 14.9. The molecule has 0 unspecified atom stereocenters. The van der Waals surface area contributed by atoms with E-state index < -0.39 is 0 Å². The lowest BCUT2D eigenvalue weighted by Gasteiger charge is -2.29. The maximum Gasteiger partial charge on any atom is 0.143 e. The molecular formula is C52H35NO. The van der Waals surface area contributed by atoms with Crippen LogP contribution in [-0.2, 0) is 0 Å². The predicted molar refractivity (Wildman–Crippen MR) is 228 cm³/mol. The zero-order chi connectivity index (χ0) is 35.8. The Balaban J connectivity index is 1.12. The van der Waals surface area contributed by atoms with Crippen LogP contribution in [0.15, 0.2) is 217 Å². The highest BCUT2D eigenvalue weighted by Crippen LogP contribution is 2.46. The summed E-state index contributed by atoms with van der Waals surface area (Å²) in [5.74, 6) is 0.882. The Labute approximate surface area is 314 Å². The molecule has 2 nitrogen and oxygen atoms in total. The van der Waals surface area contributed by atoms with Gasteiger partial charge in [-0.2, -0.15) is 0 Å². The van der Waals surface area contributed by atoms with Crippen molar-refractivity contribution in [3.8, 4) is 44.7 Å². The summed E-state index contributed by atoms with van der Waals surface area (Å²) in [6.07, 6.45) is 0. The maximum absolute atomic E-state index is 6.59. The second kappa shape index (κ2) is 13.4. The Kier molecular flexibility index (Phi) is 7.85. The van der Waals surface area contributed by atoms with Crippen molar-refractivity contribution in [3.05, 3.63) is 212 Å². The average Bonchev–Trinajstić information content (AvgIpc) is 3.65. The summed E-state index contributed by atoms with van der Waals surface area (Å²) in [7, 11) is 0. The number of anilines is 3. The first-order valence-corrected chi connectivity index (χ1v) is 18.4. The lowest BCUT2D eigenvalue weighted by molar-refractivity contribution is 0.632. The van der Waals surface area contributed by atoms with Gasteiger partial charge in [0.05, 0.1) is 11.4 Å². The SMILES string of the molecule is c1ccc(-c2ccccc2N(c2ccc(-c3cccc(-c4oc5ccccc5c4-c4ccccc4)c3)cc2)c2cc3ccccc3c3ccccc23)cc1. The molecule has 0 atom stereocenters. The molecule has 0 spiro atoms. The van der Waals surface area contributed by atoms with E-state index in [0.29, 0.717) is 0 Å². The molecule has 0 saturated heterocycles. The standard InChI is InChI=1S/C52H35NO/c1-3-16-37(17-4-1)44-24-11-13-28-48(44)53(49-35-40-20-7-8-23-43(40)45-25-9-10-26-46(45)49)42-32-30-36(31-33-42)39-21-15-22-41(34-39)52-51(38-18-5-2-6-19-38)47-27-12-14-29-50(47)54-52/h1-35H. The van der Waals surface area contributed by atoms with Crippen LogP contribution < -0.4 is 4.90 Å². The number of nitrogens with zero attached hydrogens (tertiary/aromatic N) is 1. The third-order valence-electron chi connectivity index (χ3n) is 10.5. The Bertz CT molecular complexity index is 2920. The van der Waals surface area contributed by atoms with Crippen molar-refractivity contribution in [2.45, 2.75) is 0 Å². The van der Waals surface area contributed by atoms with E-state index in [2.05, 4.69) is 205 Å². The first kappa shape index (κ1) is 31.6. The molecular weight excluding hydrogens is 655 g/mol. The second-order valence-corrected chi connectivity index (χ2v) is 13.7. The lowest BCUT2D eigenvalue weighted by Crippen LogP contribution is -2.12. The summed E-state index contributed by atoms with van der Waals surface area (Å²) in [5.41, 5.74) is 12.2. The molecule has 0 bridgehead atoms. The number of hydrogen-bond acceptors (Lipinski definition) is 2. The summed E-state index contributed by atoms with van der Waals surface area (Å²) in [4.78, 5) is 2.43. The number of furan rings is 1. The van der Waals surface area contributed by atoms with Crippen LogP contribution in [0.3, 0.4) is 0 Å². The Morgan fingerprint density at radius 3 is 1.72 bits per heavy atom. The molecule has 9 aromatic carbocycles. The van der Waals surface area contributed by atoms with Crippen molar-refractivity contribution in [2.75, 3.05) is 4.90 Å². The van der Waals surface area contributed by atoms with Gasteiger partial charge in [-0.25, -0.2) is 0 Å². The van der Waals surface area contributed by atoms with Gasteiger partial charge in [-0.05, 0) is 74.8 Å². The zero-order valence-corrected chi connectivity index (χ0v) is 29.6. The largest absolute Gasteiger partial charge is 0.455 e. The summed E-state index contributed by atoms with van der Waals surface area (Å²) in [6, 6.07) is 75.8. The van der Waals surface area contributed by atoms with Crippen LogP contribution >= 0.6 is 0 Å². The highest BCUT2D eigenvalue weighted by Gasteiger charge is 2.21. The molecule has 0 aliphatic heterocycles. The van der Waals surface area contributed by atoms with Gasteiger partial charge in [0.1, 0.15) is 11.3 Å². The van der Waals surface area contributed by atoms with Gasteiger partial charge in [0.25, 0.3) is 0 Å².